The standard InChI is InChI=1S/C17H36N2/c1-7-10-14-11-12-15(18-9-3)16(13-14)19(6)17(4,5)8-2/h14-16,18H,7-13H2,1-6H3. The van der Waals surface area contributed by atoms with Crippen molar-refractivity contribution < 1.29 is 0 Å². The second kappa shape index (κ2) is 7.64. The van der Waals surface area contributed by atoms with Crippen molar-refractivity contribution in [1.29, 1.82) is 0 Å². The van der Waals surface area contributed by atoms with E-state index in [2.05, 4.69) is 51.9 Å². The fourth-order valence-corrected chi connectivity index (χ4v) is 3.53. The first-order chi connectivity index (χ1) is 8.96. The average Bonchev–Trinajstić information content (AvgIpc) is 2.40. The van der Waals surface area contributed by atoms with Gasteiger partial charge in [-0.1, -0.05) is 33.6 Å². The molecule has 1 aliphatic rings. The lowest BCUT2D eigenvalue weighted by Crippen LogP contribution is -2.57. The van der Waals surface area contributed by atoms with E-state index >= 15 is 0 Å². The molecule has 19 heavy (non-hydrogen) atoms. The van der Waals surface area contributed by atoms with E-state index in [1.54, 1.807) is 0 Å². The minimum atomic E-state index is 0.312. The molecular weight excluding hydrogens is 232 g/mol. The van der Waals surface area contributed by atoms with E-state index in [0.29, 0.717) is 17.6 Å². The summed E-state index contributed by atoms with van der Waals surface area (Å²) in [6.07, 6.45) is 8.12. The van der Waals surface area contributed by atoms with Crippen LogP contribution in [0.25, 0.3) is 0 Å². The Morgan fingerprint density at radius 2 is 1.84 bits per heavy atom. The van der Waals surface area contributed by atoms with E-state index < -0.39 is 0 Å². The SMILES string of the molecule is CCCC1CCC(NCC)C(N(C)C(C)(C)CC)C1. The van der Waals surface area contributed by atoms with Crippen LogP contribution >= 0.6 is 0 Å². The van der Waals surface area contributed by atoms with Crippen LogP contribution in [0.3, 0.4) is 0 Å². The second-order valence-corrected chi connectivity index (χ2v) is 6.98. The zero-order valence-electron chi connectivity index (χ0n) is 14.1. The molecule has 0 aromatic rings. The number of nitrogens with one attached hydrogen (secondary N) is 1. The van der Waals surface area contributed by atoms with Crippen LogP contribution in [0, 0.1) is 5.92 Å². The molecule has 0 aliphatic heterocycles. The fraction of sp³-hybridized carbons (Fsp3) is 1.00. The summed E-state index contributed by atoms with van der Waals surface area (Å²) >= 11 is 0. The van der Waals surface area contributed by atoms with Crippen LogP contribution < -0.4 is 5.32 Å². The van der Waals surface area contributed by atoms with Crippen molar-refractivity contribution in [3.05, 3.63) is 0 Å². The van der Waals surface area contributed by atoms with Gasteiger partial charge in [0.1, 0.15) is 0 Å². The van der Waals surface area contributed by atoms with Crippen molar-refractivity contribution >= 4 is 0 Å². The predicted molar refractivity (Wildman–Crippen MR) is 85.6 cm³/mol. The molecule has 2 nitrogen and oxygen atoms in total. The van der Waals surface area contributed by atoms with Crippen LogP contribution in [-0.4, -0.2) is 36.1 Å². The molecule has 0 bridgehead atoms. The minimum absolute atomic E-state index is 0.312. The van der Waals surface area contributed by atoms with Gasteiger partial charge in [0.15, 0.2) is 0 Å². The highest BCUT2D eigenvalue weighted by molar-refractivity contribution is 4.94. The Morgan fingerprint density at radius 1 is 1.16 bits per heavy atom. The minimum Gasteiger partial charge on any atom is -0.313 e. The van der Waals surface area contributed by atoms with Crippen molar-refractivity contribution in [3.8, 4) is 0 Å². The molecule has 1 rings (SSSR count). The molecule has 0 spiro atoms. The van der Waals surface area contributed by atoms with Gasteiger partial charge in [-0.25, -0.2) is 0 Å². The molecule has 0 saturated heterocycles. The number of nitrogens with zero attached hydrogens (tertiary/aromatic N) is 1. The van der Waals surface area contributed by atoms with E-state index in [9.17, 15) is 0 Å². The van der Waals surface area contributed by atoms with Gasteiger partial charge >= 0.3 is 0 Å². The maximum absolute atomic E-state index is 3.73. The van der Waals surface area contributed by atoms with Crippen LogP contribution in [0.4, 0.5) is 0 Å². The lowest BCUT2D eigenvalue weighted by molar-refractivity contribution is 0.0377. The highest BCUT2D eigenvalue weighted by Gasteiger charge is 2.36. The smallest absolute Gasteiger partial charge is 0.0254 e. The summed E-state index contributed by atoms with van der Waals surface area (Å²) in [4.78, 5) is 2.65. The first kappa shape index (κ1) is 17.0. The highest BCUT2D eigenvalue weighted by Crippen LogP contribution is 2.34. The van der Waals surface area contributed by atoms with Crippen LogP contribution in [0.5, 0.6) is 0 Å². The monoisotopic (exact) mass is 268 g/mol. The van der Waals surface area contributed by atoms with Crippen LogP contribution in [-0.2, 0) is 0 Å². The third-order valence-corrected chi connectivity index (χ3v) is 5.41. The molecule has 3 unspecified atom stereocenters. The van der Waals surface area contributed by atoms with Crippen molar-refractivity contribution in [2.75, 3.05) is 13.6 Å². The molecule has 0 radical (unpaired) electrons. The molecule has 1 fully saturated rings. The Bertz CT molecular complexity index is 250. The molecule has 1 saturated carbocycles. The number of hydrogen-bond acceptors (Lipinski definition) is 2. The normalized spacial score (nSPS) is 28.9. The maximum atomic E-state index is 3.73. The second-order valence-electron chi connectivity index (χ2n) is 6.98. The van der Waals surface area contributed by atoms with Crippen LogP contribution in [0.2, 0.25) is 0 Å². The van der Waals surface area contributed by atoms with Gasteiger partial charge < -0.3 is 5.32 Å². The molecule has 0 heterocycles. The zero-order chi connectivity index (χ0) is 14.5. The summed E-state index contributed by atoms with van der Waals surface area (Å²) in [6.45, 7) is 12.7. The first-order valence-corrected chi connectivity index (χ1v) is 8.42. The van der Waals surface area contributed by atoms with Crippen molar-refractivity contribution in [1.82, 2.24) is 10.2 Å². The molecule has 0 aromatic heterocycles. The molecule has 0 amide bonds. The third kappa shape index (κ3) is 4.46. The number of likely N-dealkylation sites (N-methyl/N-ethyl adjacent to an activating group) is 2. The van der Waals surface area contributed by atoms with Gasteiger partial charge in [-0.15, -0.1) is 0 Å². The maximum Gasteiger partial charge on any atom is 0.0254 e. The molecule has 0 aromatic carbocycles. The quantitative estimate of drug-likeness (QED) is 0.749. The van der Waals surface area contributed by atoms with Gasteiger partial charge in [0, 0.05) is 17.6 Å². The fourth-order valence-electron chi connectivity index (χ4n) is 3.53. The van der Waals surface area contributed by atoms with Crippen molar-refractivity contribution in [3.63, 3.8) is 0 Å². The van der Waals surface area contributed by atoms with Crippen LogP contribution in [0.1, 0.15) is 73.1 Å². The number of rotatable bonds is 7. The van der Waals surface area contributed by atoms with Gasteiger partial charge in [0.2, 0.25) is 0 Å². The van der Waals surface area contributed by atoms with Crippen molar-refractivity contribution in [2.24, 2.45) is 5.92 Å². The molecule has 114 valence electrons. The predicted octanol–water partition coefficient (Wildman–Crippen LogP) is 4.05. The largest absolute Gasteiger partial charge is 0.313 e. The van der Waals surface area contributed by atoms with Gasteiger partial charge in [0.05, 0.1) is 0 Å². The zero-order valence-corrected chi connectivity index (χ0v) is 14.1. The third-order valence-electron chi connectivity index (χ3n) is 5.41. The molecule has 2 heteroatoms. The van der Waals surface area contributed by atoms with Gasteiger partial charge in [-0.2, -0.15) is 0 Å². The highest BCUT2D eigenvalue weighted by atomic mass is 15.2. The Balaban J connectivity index is 2.75. The first-order valence-electron chi connectivity index (χ1n) is 8.42. The summed E-state index contributed by atoms with van der Waals surface area (Å²) in [5, 5.41) is 3.73. The van der Waals surface area contributed by atoms with E-state index in [1.165, 1.54) is 38.5 Å². The Morgan fingerprint density at radius 3 is 2.37 bits per heavy atom. The lowest BCUT2D eigenvalue weighted by Gasteiger charge is -2.48. The summed E-state index contributed by atoms with van der Waals surface area (Å²) in [7, 11) is 2.34. The summed E-state index contributed by atoms with van der Waals surface area (Å²) < 4.78 is 0. The van der Waals surface area contributed by atoms with Crippen LogP contribution in [0.15, 0.2) is 0 Å². The summed E-state index contributed by atoms with van der Waals surface area (Å²) in [5.74, 6) is 0.944. The Kier molecular flexibility index (Phi) is 6.82. The summed E-state index contributed by atoms with van der Waals surface area (Å²) in [6, 6.07) is 1.40. The molecule has 1 N–H and O–H groups in total. The van der Waals surface area contributed by atoms with Crippen molar-refractivity contribution in [2.45, 2.75) is 90.8 Å². The van der Waals surface area contributed by atoms with E-state index in [1.807, 2.05) is 0 Å². The molecule has 3 atom stereocenters. The molecular formula is C17H36N2. The van der Waals surface area contributed by atoms with Gasteiger partial charge in [-0.3, -0.25) is 4.90 Å². The average molecular weight is 268 g/mol. The van der Waals surface area contributed by atoms with Gasteiger partial charge in [0.25, 0.3) is 0 Å². The topological polar surface area (TPSA) is 15.3 Å². The number of hydrogen-bond donors (Lipinski definition) is 1. The van der Waals surface area contributed by atoms with Gasteiger partial charge in [-0.05, 0) is 59.0 Å². The Labute approximate surface area is 121 Å². The van der Waals surface area contributed by atoms with E-state index in [-0.39, 0.29) is 0 Å². The van der Waals surface area contributed by atoms with E-state index in [0.717, 1.165) is 12.5 Å². The Hall–Kier alpha value is -0.0800. The molecule has 1 aliphatic carbocycles. The van der Waals surface area contributed by atoms with E-state index in [4.69, 9.17) is 0 Å². The summed E-state index contributed by atoms with van der Waals surface area (Å²) in [5.41, 5.74) is 0.312. The lowest BCUT2D eigenvalue weighted by atomic mass is 9.78.